The number of carbonyl (C=O) groups excluding carboxylic acids is 1. The van der Waals surface area contributed by atoms with E-state index in [0.29, 0.717) is 19.8 Å². The Bertz CT molecular complexity index is 872. The molecular formula is C23H27N3O3. The molecule has 0 aliphatic carbocycles. The van der Waals surface area contributed by atoms with Gasteiger partial charge >= 0.3 is 0 Å². The molecule has 2 saturated heterocycles. The van der Waals surface area contributed by atoms with Gasteiger partial charge in [0.05, 0.1) is 12.3 Å². The van der Waals surface area contributed by atoms with Crippen molar-refractivity contribution in [1.29, 1.82) is 0 Å². The lowest BCUT2D eigenvalue weighted by atomic mass is 9.82. The summed E-state index contributed by atoms with van der Waals surface area (Å²) in [7, 11) is 0. The predicted octanol–water partition coefficient (Wildman–Crippen LogP) is 2.96. The van der Waals surface area contributed by atoms with Crippen LogP contribution >= 0.6 is 0 Å². The molecule has 0 radical (unpaired) electrons. The molecule has 6 heteroatoms. The molecule has 6 nitrogen and oxygen atoms in total. The molecule has 152 valence electrons. The van der Waals surface area contributed by atoms with Crippen LogP contribution in [-0.2, 0) is 26.3 Å². The molecule has 4 heterocycles. The fourth-order valence-corrected chi connectivity index (χ4v) is 4.81. The van der Waals surface area contributed by atoms with E-state index in [4.69, 9.17) is 14.5 Å². The van der Waals surface area contributed by atoms with Crippen molar-refractivity contribution in [3.8, 4) is 11.4 Å². The van der Waals surface area contributed by atoms with E-state index in [1.54, 1.807) is 0 Å². The van der Waals surface area contributed by atoms with Gasteiger partial charge in [0, 0.05) is 44.0 Å². The second-order valence-corrected chi connectivity index (χ2v) is 8.24. The minimum absolute atomic E-state index is 0.115. The fourth-order valence-electron chi connectivity index (χ4n) is 4.81. The van der Waals surface area contributed by atoms with Crippen molar-refractivity contribution in [1.82, 2.24) is 14.9 Å². The van der Waals surface area contributed by atoms with Crippen molar-refractivity contribution in [3.63, 3.8) is 0 Å². The molecule has 5 rings (SSSR count). The SMILES string of the molecule is O=C(C1CCOCC1)N1CCC2(CC1)OCCc1cnc(-c3ccccc3)nc12. The number of rotatable bonds is 2. The zero-order chi connectivity index (χ0) is 19.7. The summed E-state index contributed by atoms with van der Waals surface area (Å²) in [5.41, 5.74) is 2.83. The van der Waals surface area contributed by atoms with Gasteiger partial charge in [0.2, 0.25) is 5.91 Å². The molecule has 2 aromatic rings. The number of fused-ring (bicyclic) bond motifs is 2. The van der Waals surface area contributed by atoms with Gasteiger partial charge in [-0.2, -0.15) is 0 Å². The normalized spacial score (nSPS) is 21.7. The highest BCUT2D eigenvalue weighted by atomic mass is 16.5. The molecule has 2 fully saturated rings. The molecule has 29 heavy (non-hydrogen) atoms. The number of nitrogens with zero attached hydrogens (tertiary/aromatic N) is 3. The summed E-state index contributed by atoms with van der Waals surface area (Å²) in [6, 6.07) is 10.1. The third kappa shape index (κ3) is 3.55. The summed E-state index contributed by atoms with van der Waals surface area (Å²) < 4.78 is 11.8. The van der Waals surface area contributed by atoms with E-state index >= 15 is 0 Å². The number of amides is 1. The number of benzene rings is 1. The van der Waals surface area contributed by atoms with Crippen molar-refractivity contribution >= 4 is 5.91 Å². The zero-order valence-corrected chi connectivity index (χ0v) is 16.7. The van der Waals surface area contributed by atoms with E-state index in [9.17, 15) is 4.79 Å². The Morgan fingerprint density at radius 3 is 2.59 bits per heavy atom. The number of piperidine rings is 1. The maximum Gasteiger partial charge on any atom is 0.225 e. The Kier molecular flexibility index (Phi) is 5.06. The second-order valence-electron chi connectivity index (χ2n) is 8.24. The molecule has 0 bridgehead atoms. The van der Waals surface area contributed by atoms with Crippen molar-refractivity contribution in [2.24, 2.45) is 5.92 Å². The molecule has 3 aliphatic heterocycles. The molecule has 0 N–H and O–H groups in total. The van der Waals surface area contributed by atoms with Gasteiger partial charge in [-0.1, -0.05) is 30.3 Å². The quantitative estimate of drug-likeness (QED) is 0.785. The van der Waals surface area contributed by atoms with Crippen molar-refractivity contribution in [2.75, 3.05) is 32.9 Å². The first-order valence-electron chi connectivity index (χ1n) is 10.7. The van der Waals surface area contributed by atoms with Gasteiger partial charge in [-0.25, -0.2) is 9.97 Å². The van der Waals surface area contributed by atoms with E-state index in [2.05, 4.69) is 4.98 Å². The maximum absolute atomic E-state index is 12.9. The van der Waals surface area contributed by atoms with Gasteiger partial charge in [0.1, 0.15) is 5.60 Å². The Morgan fingerprint density at radius 1 is 1.07 bits per heavy atom. The predicted molar refractivity (Wildman–Crippen MR) is 108 cm³/mol. The van der Waals surface area contributed by atoms with Crippen LogP contribution in [-0.4, -0.2) is 53.7 Å². The summed E-state index contributed by atoms with van der Waals surface area (Å²) >= 11 is 0. The molecular weight excluding hydrogens is 366 g/mol. The van der Waals surface area contributed by atoms with E-state index in [1.807, 2.05) is 41.4 Å². The highest BCUT2D eigenvalue weighted by molar-refractivity contribution is 5.79. The molecule has 1 aromatic heterocycles. The second kappa shape index (κ2) is 7.84. The molecule has 0 atom stereocenters. The van der Waals surface area contributed by atoms with Crippen molar-refractivity contribution in [2.45, 2.75) is 37.7 Å². The van der Waals surface area contributed by atoms with Gasteiger partial charge in [-0.15, -0.1) is 0 Å². The average Bonchev–Trinajstić information content (AvgIpc) is 2.80. The molecule has 1 spiro atoms. The largest absolute Gasteiger partial charge is 0.381 e. The first kappa shape index (κ1) is 18.7. The standard InChI is InChI=1S/C23H27N3O3/c27-22(18-6-13-28-14-7-18)26-11-9-23(10-12-26)20-19(8-15-29-23)16-24-21(25-20)17-4-2-1-3-5-17/h1-5,16,18H,6-15H2. The highest BCUT2D eigenvalue weighted by Crippen LogP contribution is 2.41. The van der Waals surface area contributed by atoms with Gasteiger partial charge in [0.25, 0.3) is 0 Å². The minimum Gasteiger partial charge on any atom is -0.381 e. The van der Waals surface area contributed by atoms with Crippen LogP contribution in [0.2, 0.25) is 0 Å². The fraction of sp³-hybridized carbons (Fsp3) is 0.522. The number of aromatic nitrogens is 2. The maximum atomic E-state index is 12.9. The lowest BCUT2D eigenvalue weighted by molar-refractivity contribution is -0.147. The lowest BCUT2D eigenvalue weighted by Gasteiger charge is -2.44. The first-order chi connectivity index (χ1) is 14.3. The smallest absolute Gasteiger partial charge is 0.225 e. The number of likely N-dealkylation sites (tertiary alicyclic amines) is 1. The number of hydrogen-bond acceptors (Lipinski definition) is 5. The summed E-state index contributed by atoms with van der Waals surface area (Å²) in [6.45, 7) is 3.53. The van der Waals surface area contributed by atoms with E-state index in [0.717, 1.165) is 62.3 Å². The molecule has 1 amide bonds. The van der Waals surface area contributed by atoms with Gasteiger partial charge < -0.3 is 14.4 Å². The third-order valence-electron chi connectivity index (χ3n) is 6.53. The Labute approximate surface area is 171 Å². The first-order valence-corrected chi connectivity index (χ1v) is 10.7. The van der Waals surface area contributed by atoms with E-state index < -0.39 is 5.60 Å². The summed E-state index contributed by atoms with van der Waals surface area (Å²) in [5, 5.41) is 0. The Balaban J connectivity index is 1.37. The number of carbonyl (C=O) groups is 1. The van der Waals surface area contributed by atoms with Crippen LogP contribution in [0.5, 0.6) is 0 Å². The van der Waals surface area contributed by atoms with Crippen LogP contribution in [0.3, 0.4) is 0 Å². The summed E-state index contributed by atoms with van der Waals surface area (Å²) in [4.78, 5) is 24.5. The summed E-state index contributed by atoms with van der Waals surface area (Å²) in [5.74, 6) is 1.14. The van der Waals surface area contributed by atoms with Gasteiger partial charge in [-0.05, 0) is 37.7 Å². The monoisotopic (exact) mass is 393 g/mol. The lowest BCUT2D eigenvalue weighted by Crippen LogP contribution is -2.50. The Hall–Kier alpha value is -2.31. The third-order valence-corrected chi connectivity index (χ3v) is 6.53. The Morgan fingerprint density at radius 2 is 1.83 bits per heavy atom. The van der Waals surface area contributed by atoms with Gasteiger partial charge in [-0.3, -0.25) is 4.79 Å². The van der Waals surface area contributed by atoms with E-state index in [-0.39, 0.29) is 11.8 Å². The van der Waals surface area contributed by atoms with Crippen LogP contribution in [0.4, 0.5) is 0 Å². The van der Waals surface area contributed by atoms with Crippen molar-refractivity contribution < 1.29 is 14.3 Å². The van der Waals surface area contributed by atoms with Crippen LogP contribution < -0.4 is 0 Å². The van der Waals surface area contributed by atoms with E-state index in [1.165, 1.54) is 5.56 Å². The number of hydrogen-bond donors (Lipinski definition) is 0. The summed E-state index contributed by atoms with van der Waals surface area (Å²) in [6.07, 6.45) is 6.08. The topological polar surface area (TPSA) is 64.5 Å². The zero-order valence-electron chi connectivity index (χ0n) is 16.7. The molecule has 1 aromatic carbocycles. The highest BCUT2D eigenvalue weighted by Gasteiger charge is 2.44. The van der Waals surface area contributed by atoms with Crippen LogP contribution in [0.15, 0.2) is 36.5 Å². The minimum atomic E-state index is -0.396. The number of ether oxygens (including phenoxy) is 2. The molecule has 0 saturated carbocycles. The molecule has 3 aliphatic rings. The van der Waals surface area contributed by atoms with Crippen LogP contribution in [0.1, 0.15) is 36.9 Å². The van der Waals surface area contributed by atoms with Crippen molar-refractivity contribution in [3.05, 3.63) is 47.8 Å². The molecule has 0 unspecified atom stereocenters. The average molecular weight is 393 g/mol. The van der Waals surface area contributed by atoms with Crippen LogP contribution in [0.25, 0.3) is 11.4 Å². The van der Waals surface area contributed by atoms with Crippen LogP contribution in [0, 0.1) is 5.92 Å². The van der Waals surface area contributed by atoms with Gasteiger partial charge in [0.15, 0.2) is 5.82 Å².